The Morgan fingerprint density at radius 1 is 1.32 bits per heavy atom. The molecule has 1 aliphatic heterocycles. The largest absolute Gasteiger partial charge is 0.349 e. The van der Waals surface area contributed by atoms with Crippen LogP contribution in [-0.2, 0) is 9.84 Å². The van der Waals surface area contributed by atoms with E-state index in [-0.39, 0.29) is 23.5 Å². The van der Waals surface area contributed by atoms with Crippen molar-refractivity contribution < 1.29 is 13.2 Å². The predicted molar refractivity (Wildman–Crippen MR) is 80.5 cm³/mol. The number of nitrogens with one attached hydrogen (secondary N) is 1. The molecule has 7 heteroatoms. The number of carbonyl (C=O) groups is 1. The number of carbonyl (C=O) groups excluding carboxylic acids is 1. The Morgan fingerprint density at radius 3 is 2.58 bits per heavy atom. The molecule has 19 heavy (non-hydrogen) atoms. The summed E-state index contributed by atoms with van der Waals surface area (Å²) in [4.78, 5) is 12.8. The van der Waals surface area contributed by atoms with E-state index >= 15 is 0 Å². The number of benzene rings is 1. The Bertz CT molecular complexity index is 587. The van der Waals surface area contributed by atoms with Gasteiger partial charge < -0.3 is 5.32 Å². The van der Waals surface area contributed by atoms with Gasteiger partial charge in [-0.05, 0) is 47.0 Å². The van der Waals surface area contributed by atoms with Crippen molar-refractivity contribution in [2.45, 2.75) is 23.8 Å². The molecule has 1 aliphatic rings. The monoisotopic (exact) mass is 363 g/mol. The van der Waals surface area contributed by atoms with Crippen LogP contribution >= 0.6 is 28.6 Å². The smallest absolute Gasteiger partial charge is 0.252 e. The fourth-order valence-corrected chi connectivity index (χ4v) is 4.11. The van der Waals surface area contributed by atoms with Gasteiger partial charge >= 0.3 is 0 Å². The number of sulfone groups is 1. The van der Waals surface area contributed by atoms with Gasteiger partial charge in [-0.25, -0.2) is 8.42 Å². The summed E-state index contributed by atoms with van der Waals surface area (Å²) in [6.07, 6.45) is 0.957. The molecule has 1 amide bonds. The highest BCUT2D eigenvalue weighted by Crippen LogP contribution is 2.21. The second-order valence-electron chi connectivity index (χ2n) is 4.56. The Balaban J connectivity index is 2.04. The third-order valence-electron chi connectivity index (χ3n) is 3.08. The standard InChI is InChI=1S/C12H14BrNO3S2/c13-11-2-1-9(18)7-10(11)12(15)14-8-3-5-19(16,17)6-4-8/h1-2,7-8,18H,3-6H2,(H,14,15). The summed E-state index contributed by atoms with van der Waals surface area (Å²) in [5, 5.41) is 2.87. The summed E-state index contributed by atoms with van der Waals surface area (Å²) in [6, 6.07) is 5.16. The second-order valence-corrected chi connectivity index (χ2v) is 8.24. The van der Waals surface area contributed by atoms with E-state index in [0.717, 1.165) is 0 Å². The van der Waals surface area contributed by atoms with E-state index < -0.39 is 9.84 Å². The van der Waals surface area contributed by atoms with Gasteiger partial charge in [-0.15, -0.1) is 12.6 Å². The molecular formula is C12H14BrNO3S2. The summed E-state index contributed by atoms with van der Waals surface area (Å²) >= 11 is 7.53. The molecule has 4 nitrogen and oxygen atoms in total. The maximum absolute atomic E-state index is 12.1. The highest BCUT2D eigenvalue weighted by Gasteiger charge is 2.25. The lowest BCUT2D eigenvalue weighted by atomic mass is 10.1. The minimum Gasteiger partial charge on any atom is -0.349 e. The van der Waals surface area contributed by atoms with Crippen molar-refractivity contribution in [1.29, 1.82) is 0 Å². The topological polar surface area (TPSA) is 63.2 Å². The van der Waals surface area contributed by atoms with Gasteiger partial charge in [-0.3, -0.25) is 4.79 Å². The number of hydrogen-bond acceptors (Lipinski definition) is 4. The molecule has 2 rings (SSSR count). The molecule has 0 radical (unpaired) electrons. The van der Waals surface area contributed by atoms with Gasteiger partial charge in [0.2, 0.25) is 0 Å². The molecule has 0 spiro atoms. The van der Waals surface area contributed by atoms with Crippen LogP contribution in [0.5, 0.6) is 0 Å². The maximum atomic E-state index is 12.1. The van der Waals surface area contributed by atoms with Gasteiger partial charge in [0.15, 0.2) is 0 Å². The molecule has 1 aromatic carbocycles. The Hall–Kier alpha value is -0.530. The molecule has 1 fully saturated rings. The molecule has 1 heterocycles. The van der Waals surface area contributed by atoms with Crippen LogP contribution in [0.15, 0.2) is 27.6 Å². The first kappa shape index (κ1) is 14.9. The zero-order valence-electron chi connectivity index (χ0n) is 10.1. The first-order valence-corrected chi connectivity index (χ1v) is 8.93. The minimum absolute atomic E-state index is 0.0773. The molecule has 0 aliphatic carbocycles. The van der Waals surface area contributed by atoms with Crippen LogP contribution in [0.1, 0.15) is 23.2 Å². The predicted octanol–water partition coefficient (Wildman–Crippen LogP) is 2.04. The summed E-state index contributed by atoms with van der Waals surface area (Å²) in [5.41, 5.74) is 0.515. The first-order chi connectivity index (χ1) is 8.87. The van der Waals surface area contributed by atoms with Crippen LogP contribution in [0.25, 0.3) is 0 Å². The van der Waals surface area contributed by atoms with E-state index in [1.165, 1.54) is 0 Å². The lowest BCUT2D eigenvalue weighted by Gasteiger charge is -2.23. The van der Waals surface area contributed by atoms with Gasteiger partial charge in [-0.2, -0.15) is 0 Å². The Morgan fingerprint density at radius 2 is 1.95 bits per heavy atom. The van der Waals surface area contributed by atoms with Crippen LogP contribution < -0.4 is 5.32 Å². The van der Waals surface area contributed by atoms with Crippen molar-refractivity contribution in [2.75, 3.05) is 11.5 Å². The quantitative estimate of drug-likeness (QED) is 0.790. The summed E-state index contributed by atoms with van der Waals surface area (Å²) < 4.78 is 23.3. The summed E-state index contributed by atoms with van der Waals surface area (Å²) in [6.45, 7) is 0. The van der Waals surface area contributed by atoms with E-state index in [9.17, 15) is 13.2 Å². The van der Waals surface area contributed by atoms with Crippen molar-refractivity contribution in [3.05, 3.63) is 28.2 Å². The number of thiol groups is 1. The zero-order chi connectivity index (χ0) is 14.0. The number of halogens is 1. The second kappa shape index (κ2) is 5.85. The SMILES string of the molecule is O=C(NC1CCS(=O)(=O)CC1)c1cc(S)ccc1Br. The fraction of sp³-hybridized carbons (Fsp3) is 0.417. The van der Waals surface area contributed by atoms with Gasteiger partial charge in [0.1, 0.15) is 9.84 Å². The molecule has 0 unspecified atom stereocenters. The Kier molecular flexibility index (Phi) is 4.58. The third-order valence-corrected chi connectivity index (χ3v) is 5.77. The minimum atomic E-state index is -2.90. The van der Waals surface area contributed by atoms with E-state index in [1.807, 2.05) is 0 Å². The molecule has 0 aromatic heterocycles. The average Bonchev–Trinajstić information content (AvgIpc) is 2.35. The van der Waals surface area contributed by atoms with Crippen molar-refractivity contribution in [1.82, 2.24) is 5.32 Å². The number of hydrogen-bond donors (Lipinski definition) is 2. The molecule has 0 atom stereocenters. The molecule has 1 aromatic rings. The molecule has 0 bridgehead atoms. The highest BCUT2D eigenvalue weighted by atomic mass is 79.9. The van der Waals surface area contributed by atoms with E-state index in [0.29, 0.717) is 27.8 Å². The van der Waals surface area contributed by atoms with Gasteiger partial charge in [0.05, 0.1) is 17.1 Å². The molecule has 1 N–H and O–H groups in total. The van der Waals surface area contributed by atoms with Gasteiger partial charge in [-0.1, -0.05) is 0 Å². The van der Waals surface area contributed by atoms with Crippen molar-refractivity contribution in [3.63, 3.8) is 0 Å². The van der Waals surface area contributed by atoms with E-state index in [2.05, 4.69) is 33.9 Å². The molecule has 1 saturated heterocycles. The fourth-order valence-electron chi connectivity index (χ4n) is 1.98. The van der Waals surface area contributed by atoms with Crippen LogP contribution in [0.3, 0.4) is 0 Å². The molecular weight excluding hydrogens is 350 g/mol. The molecule has 0 saturated carbocycles. The van der Waals surface area contributed by atoms with E-state index in [1.54, 1.807) is 18.2 Å². The van der Waals surface area contributed by atoms with Crippen LogP contribution in [0, 0.1) is 0 Å². The summed E-state index contributed by atoms with van der Waals surface area (Å²) in [7, 11) is -2.90. The van der Waals surface area contributed by atoms with Gasteiger partial charge in [0, 0.05) is 15.4 Å². The number of amides is 1. The highest BCUT2D eigenvalue weighted by molar-refractivity contribution is 9.10. The lowest BCUT2D eigenvalue weighted by molar-refractivity contribution is 0.0933. The zero-order valence-corrected chi connectivity index (χ0v) is 13.4. The number of rotatable bonds is 2. The van der Waals surface area contributed by atoms with Crippen LogP contribution in [0.2, 0.25) is 0 Å². The van der Waals surface area contributed by atoms with Crippen molar-refractivity contribution >= 4 is 44.3 Å². The van der Waals surface area contributed by atoms with Crippen LogP contribution in [0.4, 0.5) is 0 Å². The molecule has 104 valence electrons. The first-order valence-electron chi connectivity index (χ1n) is 5.87. The van der Waals surface area contributed by atoms with Crippen LogP contribution in [-0.4, -0.2) is 31.9 Å². The van der Waals surface area contributed by atoms with Crippen molar-refractivity contribution in [3.8, 4) is 0 Å². The van der Waals surface area contributed by atoms with Crippen molar-refractivity contribution in [2.24, 2.45) is 0 Å². The summed E-state index contributed by atoms with van der Waals surface area (Å²) in [5.74, 6) is 0.0874. The van der Waals surface area contributed by atoms with Gasteiger partial charge in [0.25, 0.3) is 5.91 Å². The third kappa shape index (κ3) is 3.97. The maximum Gasteiger partial charge on any atom is 0.252 e. The average molecular weight is 364 g/mol. The Labute approximate surface area is 126 Å². The lowest BCUT2D eigenvalue weighted by Crippen LogP contribution is -2.40. The normalized spacial score (nSPS) is 19.1. The van der Waals surface area contributed by atoms with E-state index in [4.69, 9.17) is 0 Å².